The number of hydrogen-bond donors (Lipinski definition) is 1. The van der Waals surface area contributed by atoms with Crippen LogP contribution in [0, 0.1) is 17.8 Å². The summed E-state index contributed by atoms with van der Waals surface area (Å²) in [7, 11) is 0. The summed E-state index contributed by atoms with van der Waals surface area (Å²) in [6.45, 7) is 17.9. The Bertz CT molecular complexity index is 266. The molecule has 0 amide bonds. The molecule has 0 aliphatic heterocycles. The van der Waals surface area contributed by atoms with Crippen molar-refractivity contribution in [1.82, 2.24) is 10.2 Å². The standard InChI is InChI=1S/C19H40N2/c1-7-10-11-21(17(6)8-2)14-18-16(5)12-15(4)13-19(18)20-9-3/h15-20H,7-14H2,1-6H3. The van der Waals surface area contributed by atoms with Crippen molar-refractivity contribution in [3.05, 3.63) is 0 Å². The number of nitrogens with one attached hydrogen (secondary N) is 1. The van der Waals surface area contributed by atoms with Gasteiger partial charge in [0.05, 0.1) is 0 Å². The van der Waals surface area contributed by atoms with E-state index in [1.807, 2.05) is 0 Å². The Labute approximate surface area is 134 Å². The van der Waals surface area contributed by atoms with Gasteiger partial charge in [0, 0.05) is 18.6 Å². The molecule has 0 bridgehead atoms. The molecule has 1 saturated carbocycles. The summed E-state index contributed by atoms with van der Waals surface area (Å²) < 4.78 is 0. The predicted octanol–water partition coefficient (Wildman–Crippen LogP) is 4.55. The summed E-state index contributed by atoms with van der Waals surface area (Å²) in [6, 6.07) is 1.45. The molecule has 1 aliphatic rings. The molecule has 0 saturated heterocycles. The summed E-state index contributed by atoms with van der Waals surface area (Å²) in [6.07, 6.45) is 6.70. The zero-order valence-corrected chi connectivity index (χ0v) is 15.5. The van der Waals surface area contributed by atoms with Crippen LogP contribution in [0.1, 0.15) is 73.6 Å². The first-order chi connectivity index (χ1) is 10.0. The van der Waals surface area contributed by atoms with Crippen LogP contribution in [0.2, 0.25) is 0 Å². The minimum Gasteiger partial charge on any atom is -0.314 e. The second-order valence-corrected chi connectivity index (χ2v) is 7.49. The van der Waals surface area contributed by atoms with Crippen LogP contribution in [0.4, 0.5) is 0 Å². The van der Waals surface area contributed by atoms with Crippen LogP contribution < -0.4 is 5.32 Å². The van der Waals surface area contributed by atoms with Crippen molar-refractivity contribution >= 4 is 0 Å². The van der Waals surface area contributed by atoms with Gasteiger partial charge < -0.3 is 10.2 Å². The second kappa shape index (κ2) is 9.84. The Balaban J connectivity index is 2.71. The summed E-state index contributed by atoms with van der Waals surface area (Å²) in [5.74, 6) is 2.56. The number of nitrogens with zero attached hydrogens (tertiary/aromatic N) is 1. The molecule has 0 aromatic carbocycles. The molecular weight excluding hydrogens is 256 g/mol. The Morgan fingerprint density at radius 2 is 1.86 bits per heavy atom. The fourth-order valence-corrected chi connectivity index (χ4v) is 4.10. The molecule has 0 spiro atoms. The van der Waals surface area contributed by atoms with Gasteiger partial charge in [-0.05, 0) is 63.5 Å². The average molecular weight is 297 g/mol. The van der Waals surface area contributed by atoms with Crippen LogP contribution in [-0.2, 0) is 0 Å². The van der Waals surface area contributed by atoms with Crippen molar-refractivity contribution in [3.63, 3.8) is 0 Å². The summed E-state index contributed by atoms with van der Waals surface area (Å²) >= 11 is 0. The molecule has 0 aromatic rings. The highest BCUT2D eigenvalue weighted by atomic mass is 15.2. The van der Waals surface area contributed by atoms with Gasteiger partial charge in [0.2, 0.25) is 0 Å². The summed E-state index contributed by atoms with van der Waals surface area (Å²) in [4.78, 5) is 2.77. The fourth-order valence-electron chi connectivity index (χ4n) is 4.10. The van der Waals surface area contributed by atoms with Gasteiger partial charge in [-0.15, -0.1) is 0 Å². The van der Waals surface area contributed by atoms with Crippen LogP contribution in [0.5, 0.6) is 0 Å². The van der Waals surface area contributed by atoms with Gasteiger partial charge in [-0.3, -0.25) is 0 Å². The highest BCUT2D eigenvalue weighted by molar-refractivity contribution is 4.89. The molecule has 5 atom stereocenters. The molecule has 21 heavy (non-hydrogen) atoms. The third kappa shape index (κ3) is 5.90. The first-order valence-electron chi connectivity index (χ1n) is 9.50. The normalized spacial score (nSPS) is 31.6. The van der Waals surface area contributed by atoms with Crippen molar-refractivity contribution in [1.29, 1.82) is 0 Å². The Morgan fingerprint density at radius 3 is 2.43 bits per heavy atom. The molecule has 5 unspecified atom stereocenters. The third-order valence-corrected chi connectivity index (χ3v) is 5.60. The Hall–Kier alpha value is -0.0800. The van der Waals surface area contributed by atoms with Gasteiger partial charge in [0.25, 0.3) is 0 Å². The smallest absolute Gasteiger partial charge is 0.0112 e. The van der Waals surface area contributed by atoms with Gasteiger partial charge in [-0.2, -0.15) is 0 Å². The minimum atomic E-state index is 0.724. The van der Waals surface area contributed by atoms with Crippen LogP contribution in [0.25, 0.3) is 0 Å². The lowest BCUT2D eigenvalue weighted by atomic mass is 9.72. The minimum absolute atomic E-state index is 0.724. The molecular formula is C19H40N2. The monoisotopic (exact) mass is 296 g/mol. The van der Waals surface area contributed by atoms with Gasteiger partial charge >= 0.3 is 0 Å². The van der Waals surface area contributed by atoms with Crippen molar-refractivity contribution in [2.24, 2.45) is 17.8 Å². The third-order valence-electron chi connectivity index (χ3n) is 5.60. The lowest BCUT2D eigenvalue weighted by molar-refractivity contribution is 0.0819. The van der Waals surface area contributed by atoms with E-state index >= 15 is 0 Å². The molecule has 1 aliphatic carbocycles. The van der Waals surface area contributed by atoms with E-state index in [-0.39, 0.29) is 0 Å². The molecule has 1 N–H and O–H groups in total. The highest BCUT2D eigenvalue weighted by Crippen LogP contribution is 2.34. The molecule has 1 rings (SSSR count). The predicted molar refractivity (Wildman–Crippen MR) is 94.8 cm³/mol. The second-order valence-electron chi connectivity index (χ2n) is 7.49. The highest BCUT2D eigenvalue weighted by Gasteiger charge is 2.34. The van der Waals surface area contributed by atoms with Crippen molar-refractivity contribution < 1.29 is 0 Å². The largest absolute Gasteiger partial charge is 0.314 e. The van der Waals surface area contributed by atoms with E-state index in [4.69, 9.17) is 0 Å². The molecule has 0 radical (unpaired) electrons. The first-order valence-corrected chi connectivity index (χ1v) is 9.50. The lowest BCUT2D eigenvalue weighted by Gasteiger charge is -2.43. The lowest BCUT2D eigenvalue weighted by Crippen LogP contribution is -2.50. The zero-order chi connectivity index (χ0) is 15.8. The van der Waals surface area contributed by atoms with E-state index in [1.54, 1.807) is 0 Å². The zero-order valence-electron chi connectivity index (χ0n) is 15.5. The first kappa shape index (κ1) is 19.0. The van der Waals surface area contributed by atoms with Gasteiger partial charge in [0.1, 0.15) is 0 Å². The SMILES string of the molecule is CCCCN(CC1C(C)CC(C)CC1NCC)C(C)CC. The molecule has 0 aromatic heterocycles. The molecule has 2 nitrogen and oxygen atoms in total. The van der Waals surface area contributed by atoms with Gasteiger partial charge in [0.15, 0.2) is 0 Å². The molecule has 0 heterocycles. The number of hydrogen-bond acceptors (Lipinski definition) is 2. The van der Waals surface area contributed by atoms with Crippen LogP contribution in [0.3, 0.4) is 0 Å². The maximum absolute atomic E-state index is 3.79. The van der Waals surface area contributed by atoms with Gasteiger partial charge in [-0.25, -0.2) is 0 Å². The maximum Gasteiger partial charge on any atom is 0.0112 e. The van der Waals surface area contributed by atoms with Crippen LogP contribution in [-0.4, -0.2) is 36.6 Å². The van der Waals surface area contributed by atoms with E-state index < -0.39 is 0 Å². The quantitative estimate of drug-likeness (QED) is 0.671. The van der Waals surface area contributed by atoms with E-state index in [9.17, 15) is 0 Å². The average Bonchev–Trinajstić information content (AvgIpc) is 2.45. The van der Waals surface area contributed by atoms with E-state index in [2.05, 4.69) is 51.8 Å². The van der Waals surface area contributed by atoms with Crippen LogP contribution >= 0.6 is 0 Å². The van der Waals surface area contributed by atoms with E-state index in [0.29, 0.717) is 0 Å². The van der Waals surface area contributed by atoms with Crippen LogP contribution in [0.15, 0.2) is 0 Å². The molecule has 2 heteroatoms. The van der Waals surface area contributed by atoms with Crippen molar-refractivity contribution in [2.45, 2.75) is 85.7 Å². The Morgan fingerprint density at radius 1 is 1.14 bits per heavy atom. The van der Waals surface area contributed by atoms with Crippen molar-refractivity contribution in [3.8, 4) is 0 Å². The van der Waals surface area contributed by atoms with Crippen molar-refractivity contribution in [2.75, 3.05) is 19.6 Å². The van der Waals surface area contributed by atoms with E-state index in [1.165, 1.54) is 45.2 Å². The number of unbranched alkanes of at least 4 members (excludes halogenated alkanes) is 1. The summed E-state index contributed by atoms with van der Waals surface area (Å²) in [5.41, 5.74) is 0. The van der Waals surface area contributed by atoms with Gasteiger partial charge in [-0.1, -0.05) is 41.0 Å². The van der Waals surface area contributed by atoms with E-state index in [0.717, 1.165) is 36.4 Å². The maximum atomic E-state index is 3.79. The fraction of sp³-hybridized carbons (Fsp3) is 1.00. The topological polar surface area (TPSA) is 15.3 Å². The Kier molecular flexibility index (Phi) is 8.89. The molecule has 1 fully saturated rings. The molecule has 126 valence electrons. The summed E-state index contributed by atoms with van der Waals surface area (Å²) in [5, 5.41) is 3.79. The number of rotatable bonds is 9.